The van der Waals surface area contributed by atoms with Gasteiger partial charge in [0.2, 0.25) is 0 Å². The molecule has 2 atom stereocenters. The average Bonchev–Trinajstić information content (AvgIpc) is 2.39. The molecule has 0 N–H and O–H groups in total. The third-order valence-corrected chi connectivity index (χ3v) is 3.67. The summed E-state index contributed by atoms with van der Waals surface area (Å²) in [5.41, 5.74) is 3.19. The second kappa shape index (κ2) is 4.16. The van der Waals surface area contributed by atoms with E-state index >= 15 is 0 Å². The average molecular weight is 188 g/mol. The molecule has 0 aromatic heterocycles. The molecule has 0 amide bonds. The molecule has 0 radical (unpaired) electrons. The summed E-state index contributed by atoms with van der Waals surface area (Å²) in [4.78, 5) is 0. The van der Waals surface area contributed by atoms with Crippen molar-refractivity contribution in [2.75, 3.05) is 0 Å². The molecule has 2 unspecified atom stereocenters. The molecule has 0 heterocycles. The summed E-state index contributed by atoms with van der Waals surface area (Å²) in [5, 5.41) is 0. The van der Waals surface area contributed by atoms with Gasteiger partial charge in [0.25, 0.3) is 0 Å². The Morgan fingerprint density at radius 2 is 2.07 bits per heavy atom. The zero-order valence-corrected chi connectivity index (χ0v) is 9.29. The normalized spacial score (nSPS) is 26.7. The number of fused-ring (bicyclic) bond motifs is 1. The first-order chi connectivity index (χ1) is 6.81. The van der Waals surface area contributed by atoms with Crippen LogP contribution in [0.1, 0.15) is 50.2 Å². The Hall–Kier alpha value is -0.780. The van der Waals surface area contributed by atoms with Crippen molar-refractivity contribution in [3.8, 4) is 0 Å². The maximum Gasteiger partial charge on any atom is -0.0185 e. The van der Waals surface area contributed by atoms with Crippen LogP contribution in [0.4, 0.5) is 0 Å². The molecule has 0 heteroatoms. The van der Waals surface area contributed by atoms with Crippen LogP contribution in [-0.2, 0) is 6.42 Å². The SMILES string of the molecule is CCC1CCc2ccccc2C(C)C1. The highest BCUT2D eigenvalue weighted by Crippen LogP contribution is 2.34. The molecule has 14 heavy (non-hydrogen) atoms. The summed E-state index contributed by atoms with van der Waals surface area (Å²) in [5.74, 6) is 1.70. The lowest BCUT2D eigenvalue weighted by atomic mass is 9.90. The molecule has 0 spiro atoms. The summed E-state index contributed by atoms with van der Waals surface area (Å²) in [6.45, 7) is 4.71. The predicted octanol–water partition coefficient (Wildman–Crippen LogP) is 4.15. The van der Waals surface area contributed by atoms with Crippen LogP contribution in [-0.4, -0.2) is 0 Å². The van der Waals surface area contributed by atoms with Crippen LogP contribution in [0.15, 0.2) is 24.3 Å². The van der Waals surface area contributed by atoms with E-state index in [1.807, 2.05) is 0 Å². The lowest BCUT2D eigenvalue weighted by Crippen LogP contribution is -2.01. The molecule has 76 valence electrons. The fraction of sp³-hybridized carbons (Fsp3) is 0.571. The first kappa shape index (κ1) is 9.76. The number of benzene rings is 1. The van der Waals surface area contributed by atoms with Gasteiger partial charge in [-0.3, -0.25) is 0 Å². The van der Waals surface area contributed by atoms with E-state index in [4.69, 9.17) is 0 Å². The zero-order chi connectivity index (χ0) is 9.97. The molecular weight excluding hydrogens is 168 g/mol. The molecule has 0 bridgehead atoms. The van der Waals surface area contributed by atoms with Crippen LogP contribution >= 0.6 is 0 Å². The molecule has 0 nitrogen and oxygen atoms in total. The van der Waals surface area contributed by atoms with Crippen molar-refractivity contribution in [3.63, 3.8) is 0 Å². The standard InChI is InChI=1S/C14H20/c1-3-12-8-9-13-6-4-5-7-14(13)11(2)10-12/h4-7,11-12H,3,8-10H2,1-2H3. The van der Waals surface area contributed by atoms with Crippen LogP contribution in [0.5, 0.6) is 0 Å². The van der Waals surface area contributed by atoms with Crippen molar-refractivity contribution in [1.82, 2.24) is 0 Å². The zero-order valence-electron chi connectivity index (χ0n) is 9.29. The van der Waals surface area contributed by atoms with Gasteiger partial charge in [0.15, 0.2) is 0 Å². The fourth-order valence-corrected chi connectivity index (χ4v) is 2.72. The summed E-state index contributed by atoms with van der Waals surface area (Å²) >= 11 is 0. The minimum Gasteiger partial charge on any atom is -0.0651 e. The van der Waals surface area contributed by atoms with Gasteiger partial charge < -0.3 is 0 Å². The fourth-order valence-electron chi connectivity index (χ4n) is 2.72. The number of hydrogen-bond donors (Lipinski definition) is 0. The minimum absolute atomic E-state index is 0.763. The van der Waals surface area contributed by atoms with Gasteiger partial charge in [-0.2, -0.15) is 0 Å². The summed E-state index contributed by atoms with van der Waals surface area (Å²) < 4.78 is 0. The van der Waals surface area contributed by atoms with Gasteiger partial charge in [0.1, 0.15) is 0 Å². The molecule has 1 aliphatic rings. The highest BCUT2D eigenvalue weighted by Gasteiger charge is 2.19. The van der Waals surface area contributed by atoms with E-state index < -0.39 is 0 Å². The van der Waals surface area contributed by atoms with E-state index in [0.29, 0.717) is 0 Å². The van der Waals surface area contributed by atoms with Crippen molar-refractivity contribution >= 4 is 0 Å². The third kappa shape index (κ3) is 1.84. The number of rotatable bonds is 1. The van der Waals surface area contributed by atoms with Crippen molar-refractivity contribution in [1.29, 1.82) is 0 Å². The van der Waals surface area contributed by atoms with Crippen LogP contribution in [0, 0.1) is 5.92 Å². The largest absolute Gasteiger partial charge is 0.0651 e. The number of aryl methyl sites for hydroxylation is 1. The van der Waals surface area contributed by atoms with E-state index in [1.165, 1.54) is 25.7 Å². The summed E-state index contributed by atoms with van der Waals surface area (Å²) in [6.07, 6.45) is 5.41. The molecule has 0 aliphatic heterocycles. The quantitative estimate of drug-likeness (QED) is 0.581. The Labute approximate surface area is 87.3 Å². The Balaban J connectivity index is 2.26. The van der Waals surface area contributed by atoms with E-state index in [-0.39, 0.29) is 0 Å². The second-order valence-corrected chi connectivity index (χ2v) is 4.65. The first-order valence-corrected chi connectivity index (χ1v) is 5.89. The predicted molar refractivity (Wildman–Crippen MR) is 61.6 cm³/mol. The highest BCUT2D eigenvalue weighted by molar-refractivity contribution is 5.31. The molecular formula is C14H20. The molecule has 2 rings (SSSR count). The van der Waals surface area contributed by atoms with Gasteiger partial charge in [-0.05, 0) is 42.2 Å². The van der Waals surface area contributed by atoms with Gasteiger partial charge in [0, 0.05) is 0 Å². The third-order valence-electron chi connectivity index (χ3n) is 3.67. The molecule has 1 aromatic carbocycles. The van der Waals surface area contributed by atoms with Gasteiger partial charge in [-0.1, -0.05) is 44.5 Å². The highest BCUT2D eigenvalue weighted by atomic mass is 14.2. The molecule has 1 aliphatic carbocycles. The Morgan fingerprint density at radius 1 is 1.29 bits per heavy atom. The van der Waals surface area contributed by atoms with E-state index in [1.54, 1.807) is 11.1 Å². The van der Waals surface area contributed by atoms with Gasteiger partial charge in [0.05, 0.1) is 0 Å². The van der Waals surface area contributed by atoms with Gasteiger partial charge in [-0.15, -0.1) is 0 Å². The maximum atomic E-state index is 2.38. The Morgan fingerprint density at radius 3 is 2.86 bits per heavy atom. The topological polar surface area (TPSA) is 0 Å². The van der Waals surface area contributed by atoms with Crippen molar-refractivity contribution in [3.05, 3.63) is 35.4 Å². The molecule has 0 saturated heterocycles. The lowest BCUT2D eigenvalue weighted by molar-refractivity contribution is 0.422. The van der Waals surface area contributed by atoms with E-state index in [9.17, 15) is 0 Å². The van der Waals surface area contributed by atoms with Gasteiger partial charge in [-0.25, -0.2) is 0 Å². The van der Waals surface area contributed by atoms with E-state index in [2.05, 4.69) is 38.1 Å². The van der Waals surface area contributed by atoms with Crippen molar-refractivity contribution in [2.24, 2.45) is 5.92 Å². The van der Waals surface area contributed by atoms with Crippen LogP contribution in [0.25, 0.3) is 0 Å². The molecule has 0 saturated carbocycles. The first-order valence-electron chi connectivity index (χ1n) is 5.89. The maximum absolute atomic E-state index is 2.38. The van der Waals surface area contributed by atoms with Crippen molar-refractivity contribution in [2.45, 2.75) is 45.4 Å². The van der Waals surface area contributed by atoms with Crippen LogP contribution < -0.4 is 0 Å². The van der Waals surface area contributed by atoms with Crippen LogP contribution in [0.2, 0.25) is 0 Å². The van der Waals surface area contributed by atoms with Crippen LogP contribution in [0.3, 0.4) is 0 Å². The van der Waals surface area contributed by atoms with Crippen molar-refractivity contribution < 1.29 is 0 Å². The second-order valence-electron chi connectivity index (χ2n) is 4.65. The monoisotopic (exact) mass is 188 g/mol. The Bertz CT molecular complexity index is 301. The molecule has 1 aromatic rings. The Kier molecular flexibility index (Phi) is 2.90. The van der Waals surface area contributed by atoms with E-state index in [0.717, 1.165) is 11.8 Å². The number of hydrogen-bond acceptors (Lipinski definition) is 0. The lowest BCUT2D eigenvalue weighted by Gasteiger charge is -2.15. The molecule has 0 fully saturated rings. The van der Waals surface area contributed by atoms with Gasteiger partial charge >= 0.3 is 0 Å². The smallest absolute Gasteiger partial charge is 0.0185 e. The minimum atomic E-state index is 0.763. The summed E-state index contributed by atoms with van der Waals surface area (Å²) in [7, 11) is 0. The summed E-state index contributed by atoms with van der Waals surface area (Å²) in [6, 6.07) is 8.99.